The first-order valence-corrected chi connectivity index (χ1v) is 6.51. The SMILES string of the molecule is ClCc1csc(C=Cc2ccc(Cl)cc2)n1. The maximum atomic E-state index is 5.80. The van der Waals surface area contributed by atoms with E-state index < -0.39 is 0 Å². The number of benzene rings is 1. The van der Waals surface area contributed by atoms with E-state index in [2.05, 4.69) is 4.98 Å². The number of hydrogen-bond acceptors (Lipinski definition) is 2. The van der Waals surface area contributed by atoms with Gasteiger partial charge in [0.1, 0.15) is 5.01 Å². The summed E-state index contributed by atoms with van der Waals surface area (Å²) in [6.07, 6.45) is 3.98. The van der Waals surface area contributed by atoms with E-state index in [1.54, 1.807) is 11.3 Å². The summed E-state index contributed by atoms with van der Waals surface area (Å²) in [6, 6.07) is 7.67. The quantitative estimate of drug-likeness (QED) is 0.736. The van der Waals surface area contributed by atoms with Crippen molar-refractivity contribution in [3.8, 4) is 0 Å². The van der Waals surface area contributed by atoms with E-state index in [-0.39, 0.29) is 0 Å². The molecule has 1 heterocycles. The van der Waals surface area contributed by atoms with Crippen molar-refractivity contribution in [2.75, 3.05) is 0 Å². The standard InChI is InChI=1S/C12H9Cl2NS/c13-7-11-8-16-12(15-11)6-3-9-1-4-10(14)5-2-9/h1-6,8H,7H2. The van der Waals surface area contributed by atoms with E-state index in [9.17, 15) is 0 Å². The molecule has 0 fully saturated rings. The zero-order valence-corrected chi connectivity index (χ0v) is 10.7. The summed E-state index contributed by atoms with van der Waals surface area (Å²) >= 11 is 13.1. The van der Waals surface area contributed by atoms with E-state index in [0.29, 0.717) is 5.88 Å². The molecule has 1 aromatic heterocycles. The highest BCUT2D eigenvalue weighted by Crippen LogP contribution is 2.16. The molecule has 0 aliphatic carbocycles. The average Bonchev–Trinajstić information content (AvgIpc) is 2.76. The molecule has 2 rings (SSSR count). The number of alkyl halides is 1. The van der Waals surface area contributed by atoms with Crippen LogP contribution in [0, 0.1) is 0 Å². The molecule has 1 nitrogen and oxygen atoms in total. The smallest absolute Gasteiger partial charge is 0.116 e. The molecule has 82 valence electrons. The van der Waals surface area contributed by atoms with Crippen LogP contribution < -0.4 is 0 Å². The molecule has 0 aliphatic heterocycles. The van der Waals surface area contributed by atoms with Gasteiger partial charge in [0.25, 0.3) is 0 Å². The lowest BCUT2D eigenvalue weighted by Gasteiger charge is -1.92. The summed E-state index contributed by atoms with van der Waals surface area (Å²) in [5, 5.41) is 3.68. The normalized spacial score (nSPS) is 11.1. The first kappa shape index (κ1) is 11.6. The van der Waals surface area contributed by atoms with E-state index in [0.717, 1.165) is 21.3 Å². The summed E-state index contributed by atoms with van der Waals surface area (Å²) in [6.45, 7) is 0. The van der Waals surface area contributed by atoms with Crippen molar-refractivity contribution >= 4 is 46.7 Å². The average molecular weight is 270 g/mol. The van der Waals surface area contributed by atoms with E-state index >= 15 is 0 Å². The van der Waals surface area contributed by atoms with Crippen molar-refractivity contribution in [1.29, 1.82) is 0 Å². The lowest BCUT2D eigenvalue weighted by Crippen LogP contribution is -1.76. The van der Waals surface area contributed by atoms with Gasteiger partial charge in [-0.15, -0.1) is 22.9 Å². The van der Waals surface area contributed by atoms with Gasteiger partial charge in [-0.25, -0.2) is 4.98 Å². The third kappa shape index (κ3) is 3.08. The number of aromatic nitrogens is 1. The van der Waals surface area contributed by atoms with Crippen molar-refractivity contribution < 1.29 is 0 Å². The van der Waals surface area contributed by atoms with Crippen molar-refractivity contribution in [3.05, 3.63) is 50.9 Å². The second kappa shape index (κ2) is 5.48. The van der Waals surface area contributed by atoms with Gasteiger partial charge in [-0.3, -0.25) is 0 Å². The highest BCUT2D eigenvalue weighted by Gasteiger charge is 1.96. The van der Waals surface area contributed by atoms with E-state index in [4.69, 9.17) is 23.2 Å². The second-order valence-electron chi connectivity index (χ2n) is 3.20. The lowest BCUT2D eigenvalue weighted by atomic mass is 10.2. The molecule has 0 spiro atoms. The molecule has 1 aromatic carbocycles. The molecule has 0 saturated heterocycles. The Morgan fingerprint density at radius 3 is 2.56 bits per heavy atom. The predicted octanol–water partition coefficient (Wildman–Crippen LogP) is 4.71. The zero-order valence-electron chi connectivity index (χ0n) is 8.36. The molecule has 0 radical (unpaired) electrons. The minimum Gasteiger partial charge on any atom is -0.240 e. The Balaban J connectivity index is 2.11. The van der Waals surface area contributed by atoms with Crippen LogP contribution in [0.1, 0.15) is 16.3 Å². The Morgan fingerprint density at radius 1 is 1.19 bits per heavy atom. The van der Waals surface area contributed by atoms with Crippen LogP contribution in [-0.2, 0) is 5.88 Å². The highest BCUT2D eigenvalue weighted by molar-refractivity contribution is 7.10. The molecule has 16 heavy (non-hydrogen) atoms. The minimum atomic E-state index is 0.464. The van der Waals surface area contributed by atoms with Gasteiger partial charge in [0.2, 0.25) is 0 Å². The maximum absolute atomic E-state index is 5.80. The van der Waals surface area contributed by atoms with Crippen LogP contribution in [0.2, 0.25) is 5.02 Å². The lowest BCUT2D eigenvalue weighted by molar-refractivity contribution is 1.22. The molecular weight excluding hydrogens is 261 g/mol. The van der Waals surface area contributed by atoms with Gasteiger partial charge in [-0.05, 0) is 23.8 Å². The molecule has 0 bridgehead atoms. The molecule has 0 unspecified atom stereocenters. The number of hydrogen-bond donors (Lipinski definition) is 0. The first-order chi connectivity index (χ1) is 7.78. The monoisotopic (exact) mass is 269 g/mol. The van der Waals surface area contributed by atoms with Gasteiger partial charge in [0.05, 0.1) is 11.6 Å². The maximum Gasteiger partial charge on any atom is 0.116 e. The first-order valence-electron chi connectivity index (χ1n) is 4.72. The van der Waals surface area contributed by atoms with Crippen molar-refractivity contribution in [2.24, 2.45) is 0 Å². The number of nitrogens with zero attached hydrogens (tertiary/aromatic N) is 1. The number of thiazole rings is 1. The van der Waals surface area contributed by atoms with Crippen LogP contribution in [0.4, 0.5) is 0 Å². The van der Waals surface area contributed by atoms with Gasteiger partial charge in [0.15, 0.2) is 0 Å². The van der Waals surface area contributed by atoms with Gasteiger partial charge in [-0.1, -0.05) is 29.8 Å². The van der Waals surface area contributed by atoms with Crippen LogP contribution >= 0.6 is 34.5 Å². The summed E-state index contributed by atoms with van der Waals surface area (Å²) in [7, 11) is 0. The number of rotatable bonds is 3. The summed E-state index contributed by atoms with van der Waals surface area (Å²) in [5.74, 6) is 0.464. The van der Waals surface area contributed by atoms with E-state index in [1.807, 2.05) is 41.8 Å². The van der Waals surface area contributed by atoms with Crippen LogP contribution in [0.5, 0.6) is 0 Å². The fourth-order valence-corrected chi connectivity index (χ4v) is 2.27. The molecule has 0 atom stereocenters. The molecular formula is C12H9Cl2NS. The van der Waals surface area contributed by atoms with Gasteiger partial charge in [-0.2, -0.15) is 0 Å². The predicted molar refractivity (Wildman–Crippen MR) is 72.1 cm³/mol. The highest BCUT2D eigenvalue weighted by atomic mass is 35.5. The fourth-order valence-electron chi connectivity index (χ4n) is 1.20. The summed E-state index contributed by atoms with van der Waals surface area (Å²) in [4.78, 5) is 4.34. The Labute approximate surface area is 108 Å². The topological polar surface area (TPSA) is 12.9 Å². The van der Waals surface area contributed by atoms with Crippen LogP contribution in [-0.4, -0.2) is 4.98 Å². The third-order valence-electron chi connectivity index (χ3n) is 1.99. The van der Waals surface area contributed by atoms with Gasteiger partial charge in [0, 0.05) is 10.4 Å². The third-order valence-corrected chi connectivity index (χ3v) is 3.38. The fraction of sp³-hybridized carbons (Fsp3) is 0.0833. The summed E-state index contributed by atoms with van der Waals surface area (Å²) in [5.41, 5.74) is 2.02. The Hall–Kier alpha value is -0.830. The Morgan fingerprint density at radius 2 is 1.94 bits per heavy atom. The molecule has 4 heteroatoms. The van der Waals surface area contributed by atoms with Gasteiger partial charge < -0.3 is 0 Å². The number of halogens is 2. The molecule has 0 N–H and O–H groups in total. The van der Waals surface area contributed by atoms with Crippen LogP contribution in [0.3, 0.4) is 0 Å². The molecule has 0 amide bonds. The zero-order chi connectivity index (χ0) is 11.4. The largest absolute Gasteiger partial charge is 0.240 e. The minimum absolute atomic E-state index is 0.464. The van der Waals surface area contributed by atoms with Crippen LogP contribution in [0.15, 0.2) is 29.6 Å². The van der Waals surface area contributed by atoms with Crippen molar-refractivity contribution in [3.63, 3.8) is 0 Å². The molecule has 2 aromatic rings. The second-order valence-corrected chi connectivity index (χ2v) is 4.79. The molecule has 0 saturated carbocycles. The van der Waals surface area contributed by atoms with Gasteiger partial charge >= 0.3 is 0 Å². The Kier molecular flexibility index (Phi) is 3.99. The van der Waals surface area contributed by atoms with Crippen molar-refractivity contribution in [1.82, 2.24) is 4.98 Å². The van der Waals surface area contributed by atoms with Crippen LogP contribution in [0.25, 0.3) is 12.2 Å². The molecule has 0 aliphatic rings. The summed E-state index contributed by atoms with van der Waals surface area (Å²) < 4.78 is 0. The van der Waals surface area contributed by atoms with E-state index in [1.165, 1.54) is 0 Å². The van der Waals surface area contributed by atoms with Crippen molar-refractivity contribution in [2.45, 2.75) is 5.88 Å². The Bertz CT molecular complexity index is 488.